The van der Waals surface area contributed by atoms with Crippen molar-refractivity contribution in [1.82, 2.24) is 4.98 Å². The minimum absolute atomic E-state index is 0.00419. The number of carbonyl (C=O) groups is 1. The molecule has 4 rings (SSSR count). The van der Waals surface area contributed by atoms with Gasteiger partial charge in [-0.1, -0.05) is 6.92 Å². The summed E-state index contributed by atoms with van der Waals surface area (Å²) in [7, 11) is -3.83. The van der Waals surface area contributed by atoms with Crippen LogP contribution in [0, 0.1) is 0 Å². The van der Waals surface area contributed by atoms with E-state index in [2.05, 4.69) is 23.3 Å². The number of amides is 1. The summed E-state index contributed by atoms with van der Waals surface area (Å²) in [6, 6.07) is 6.54. The zero-order chi connectivity index (χ0) is 18.5. The van der Waals surface area contributed by atoms with Crippen molar-refractivity contribution in [3.63, 3.8) is 0 Å². The highest BCUT2D eigenvalue weighted by Crippen LogP contribution is 2.37. The number of primary sulfonamides is 1. The van der Waals surface area contributed by atoms with E-state index in [1.54, 1.807) is 12.1 Å². The number of benzene rings is 1. The van der Waals surface area contributed by atoms with Crippen LogP contribution in [0.15, 0.2) is 29.2 Å². The van der Waals surface area contributed by atoms with E-state index in [0.717, 1.165) is 18.5 Å². The quantitative estimate of drug-likeness (QED) is 0.722. The van der Waals surface area contributed by atoms with Gasteiger partial charge >= 0.3 is 0 Å². The number of hydrogen-bond acceptors (Lipinski definition) is 3. The van der Waals surface area contributed by atoms with Crippen molar-refractivity contribution >= 4 is 33.3 Å². The highest BCUT2D eigenvalue weighted by atomic mass is 32.2. The van der Waals surface area contributed by atoms with Gasteiger partial charge in [0, 0.05) is 22.6 Å². The van der Waals surface area contributed by atoms with Crippen LogP contribution in [0.3, 0.4) is 0 Å². The summed E-state index contributed by atoms with van der Waals surface area (Å²) in [6.07, 6.45) is 6.27. The molecule has 1 amide bonds. The minimum Gasteiger partial charge on any atom is -0.359 e. The van der Waals surface area contributed by atoms with Gasteiger partial charge in [-0.05, 0) is 67.5 Å². The van der Waals surface area contributed by atoms with Gasteiger partial charge in [-0.3, -0.25) is 4.79 Å². The molecule has 0 fully saturated rings. The molecule has 136 valence electrons. The first-order valence-electron chi connectivity index (χ1n) is 8.79. The van der Waals surface area contributed by atoms with E-state index in [4.69, 9.17) is 5.14 Å². The third-order valence-corrected chi connectivity index (χ3v) is 6.18. The highest BCUT2D eigenvalue weighted by molar-refractivity contribution is 7.89. The number of carbonyl (C=O) groups excluding carboxylic acids is 1. The fourth-order valence-electron chi connectivity index (χ4n) is 3.93. The second-order valence-corrected chi connectivity index (χ2v) is 8.48. The van der Waals surface area contributed by atoms with Gasteiger partial charge in [0.25, 0.3) is 5.91 Å². The van der Waals surface area contributed by atoms with Crippen molar-refractivity contribution in [2.24, 2.45) is 5.14 Å². The Labute approximate surface area is 152 Å². The predicted octanol–water partition coefficient (Wildman–Crippen LogP) is 2.98. The minimum atomic E-state index is -3.83. The second kappa shape index (κ2) is 6.10. The van der Waals surface area contributed by atoms with Crippen LogP contribution in [-0.4, -0.2) is 19.3 Å². The maximum Gasteiger partial charge on any atom is 0.256 e. The normalized spacial score (nSPS) is 20.8. The summed E-state index contributed by atoms with van der Waals surface area (Å²) < 4.78 is 23.3. The topological polar surface area (TPSA) is 105 Å². The molecule has 26 heavy (non-hydrogen) atoms. The first-order chi connectivity index (χ1) is 12.4. The van der Waals surface area contributed by atoms with Gasteiger partial charge in [0.05, 0.1) is 10.5 Å². The van der Waals surface area contributed by atoms with E-state index in [1.807, 2.05) is 0 Å². The molecule has 6 nitrogen and oxygen atoms in total. The molecule has 1 aromatic heterocycles. The van der Waals surface area contributed by atoms with Crippen molar-refractivity contribution in [3.05, 3.63) is 46.8 Å². The van der Waals surface area contributed by atoms with Gasteiger partial charge in [0.15, 0.2) is 0 Å². The lowest BCUT2D eigenvalue weighted by Crippen LogP contribution is -2.12. The molecular formula is C19H21N3O3S. The largest absolute Gasteiger partial charge is 0.359 e. The van der Waals surface area contributed by atoms with Gasteiger partial charge in [0.1, 0.15) is 0 Å². The molecule has 2 heterocycles. The number of rotatable bonds is 3. The van der Waals surface area contributed by atoms with Crippen LogP contribution < -0.4 is 10.5 Å². The second-order valence-electron chi connectivity index (χ2n) is 6.92. The number of sulfonamides is 1. The average Bonchev–Trinajstić information content (AvgIpc) is 3.14. The number of aryl methyl sites for hydroxylation is 1. The number of nitrogens with two attached hydrogens (primary N) is 1. The Balaban J connectivity index is 1.78. The van der Waals surface area contributed by atoms with Crippen molar-refractivity contribution in [1.29, 1.82) is 0 Å². The smallest absolute Gasteiger partial charge is 0.256 e. The summed E-state index contributed by atoms with van der Waals surface area (Å²) in [5, 5.41) is 7.99. The van der Waals surface area contributed by atoms with Crippen LogP contribution in [0.4, 0.5) is 5.69 Å². The Hall–Kier alpha value is -2.38. The number of anilines is 1. The number of fused-ring (bicyclic) bond motifs is 2. The Morgan fingerprint density at radius 2 is 2.12 bits per heavy atom. The molecule has 2 aliphatic rings. The number of H-pyrrole nitrogens is 1. The molecule has 0 bridgehead atoms. The highest BCUT2D eigenvalue weighted by Gasteiger charge is 2.27. The fourth-order valence-corrected chi connectivity index (χ4v) is 4.47. The van der Waals surface area contributed by atoms with Crippen LogP contribution in [0.5, 0.6) is 0 Å². The Morgan fingerprint density at radius 3 is 2.85 bits per heavy atom. The summed E-state index contributed by atoms with van der Waals surface area (Å²) in [5.41, 5.74) is 5.04. The van der Waals surface area contributed by atoms with Gasteiger partial charge < -0.3 is 10.3 Å². The Kier molecular flexibility index (Phi) is 4.00. The van der Waals surface area contributed by atoms with E-state index in [1.165, 1.54) is 36.2 Å². The molecule has 1 aromatic carbocycles. The van der Waals surface area contributed by atoms with Gasteiger partial charge in [-0.25, -0.2) is 13.6 Å². The van der Waals surface area contributed by atoms with Crippen LogP contribution in [-0.2, 0) is 21.2 Å². The van der Waals surface area contributed by atoms with E-state index in [0.29, 0.717) is 22.7 Å². The summed E-state index contributed by atoms with van der Waals surface area (Å²) in [5.74, 6) is 0.312. The van der Waals surface area contributed by atoms with Crippen molar-refractivity contribution in [2.45, 2.75) is 43.4 Å². The molecule has 1 aliphatic carbocycles. The lowest BCUT2D eigenvalue weighted by atomic mass is 9.85. The van der Waals surface area contributed by atoms with Gasteiger partial charge in [-0.2, -0.15) is 0 Å². The predicted molar refractivity (Wildman–Crippen MR) is 101 cm³/mol. The zero-order valence-electron chi connectivity index (χ0n) is 14.5. The Morgan fingerprint density at radius 1 is 1.31 bits per heavy atom. The van der Waals surface area contributed by atoms with E-state index < -0.39 is 10.0 Å². The van der Waals surface area contributed by atoms with E-state index in [9.17, 15) is 13.2 Å². The molecule has 2 aromatic rings. The number of nitrogens with one attached hydrogen (secondary N) is 2. The fraction of sp³-hybridized carbons (Fsp3) is 0.316. The number of hydrogen-bond donors (Lipinski definition) is 3. The molecule has 1 unspecified atom stereocenters. The third-order valence-electron chi connectivity index (χ3n) is 5.27. The van der Waals surface area contributed by atoms with E-state index in [-0.39, 0.29) is 10.8 Å². The van der Waals surface area contributed by atoms with E-state index >= 15 is 0 Å². The summed E-state index contributed by atoms with van der Waals surface area (Å²) >= 11 is 0. The Bertz CT molecular complexity index is 1030. The first kappa shape index (κ1) is 17.1. The van der Waals surface area contributed by atoms with Crippen LogP contribution in [0.25, 0.3) is 11.6 Å². The molecule has 1 aliphatic heterocycles. The zero-order valence-corrected chi connectivity index (χ0v) is 15.3. The molecule has 7 heteroatoms. The molecule has 0 spiro atoms. The van der Waals surface area contributed by atoms with Crippen molar-refractivity contribution in [2.75, 3.05) is 5.32 Å². The summed E-state index contributed by atoms with van der Waals surface area (Å²) in [4.78, 5) is 15.8. The van der Waals surface area contributed by atoms with Crippen molar-refractivity contribution in [3.8, 4) is 0 Å². The molecule has 0 radical (unpaired) electrons. The lowest BCUT2D eigenvalue weighted by Gasteiger charge is -2.20. The average molecular weight is 371 g/mol. The molecule has 4 N–H and O–H groups in total. The lowest BCUT2D eigenvalue weighted by molar-refractivity contribution is -0.110. The van der Waals surface area contributed by atoms with Crippen LogP contribution in [0.2, 0.25) is 0 Å². The van der Waals surface area contributed by atoms with Crippen LogP contribution in [0.1, 0.15) is 54.6 Å². The van der Waals surface area contributed by atoms with Crippen LogP contribution >= 0.6 is 0 Å². The number of aromatic nitrogens is 1. The number of aromatic amines is 1. The van der Waals surface area contributed by atoms with Gasteiger partial charge in [-0.15, -0.1) is 0 Å². The standard InChI is InChI=1S/C19H21N3O3S/c1-2-11-4-3-5-17-14(11)8-12(21-17)9-16-15-10-13(26(20,24)25)6-7-18(15)22-19(16)23/h6-11,21H,2-5H2,1H3,(H,22,23)(H2,20,24,25). The van der Waals surface area contributed by atoms with Crippen molar-refractivity contribution < 1.29 is 13.2 Å². The summed E-state index contributed by atoms with van der Waals surface area (Å²) in [6.45, 7) is 2.19. The maximum absolute atomic E-state index is 12.4. The maximum atomic E-state index is 12.4. The first-order valence-corrected chi connectivity index (χ1v) is 10.3. The molecular weight excluding hydrogens is 350 g/mol. The van der Waals surface area contributed by atoms with Gasteiger partial charge in [0.2, 0.25) is 10.0 Å². The third kappa shape index (κ3) is 2.87. The SMILES string of the molecule is CCC1CCCc2[nH]c(C=C3C(=O)Nc4ccc(S(N)(=O)=O)cc43)cc21. The molecule has 1 atom stereocenters. The monoisotopic (exact) mass is 371 g/mol. The molecule has 0 saturated heterocycles. The molecule has 0 saturated carbocycles.